The predicted octanol–water partition coefficient (Wildman–Crippen LogP) is 1.83. The zero-order valence-electron chi connectivity index (χ0n) is 10.7. The van der Waals surface area contributed by atoms with Gasteiger partial charge in [-0.2, -0.15) is 0 Å². The number of methoxy groups -OCH3 is 1. The third-order valence-electron chi connectivity index (χ3n) is 2.03. The van der Waals surface area contributed by atoms with E-state index in [-0.39, 0.29) is 5.54 Å². The van der Waals surface area contributed by atoms with E-state index in [4.69, 9.17) is 19.9 Å². The van der Waals surface area contributed by atoms with Gasteiger partial charge in [-0.15, -0.1) is 0 Å². The van der Waals surface area contributed by atoms with Crippen LogP contribution in [0.1, 0.15) is 13.8 Å². The highest BCUT2D eigenvalue weighted by atomic mass is 16.5. The number of benzene rings is 1. The monoisotopic (exact) mass is 239 g/mol. The van der Waals surface area contributed by atoms with Crippen LogP contribution >= 0.6 is 0 Å². The van der Waals surface area contributed by atoms with Crippen molar-refractivity contribution >= 4 is 0 Å². The second-order valence-electron chi connectivity index (χ2n) is 4.57. The molecule has 0 saturated heterocycles. The van der Waals surface area contributed by atoms with Crippen molar-refractivity contribution in [1.29, 1.82) is 0 Å². The Morgan fingerprint density at radius 3 is 2.18 bits per heavy atom. The van der Waals surface area contributed by atoms with Gasteiger partial charge in [0.1, 0.15) is 18.1 Å². The lowest BCUT2D eigenvalue weighted by Crippen LogP contribution is -2.37. The van der Waals surface area contributed by atoms with Gasteiger partial charge in [0, 0.05) is 5.54 Å². The topological polar surface area (TPSA) is 53.7 Å². The average Bonchev–Trinajstić information content (AvgIpc) is 2.28. The van der Waals surface area contributed by atoms with Crippen LogP contribution in [0.4, 0.5) is 0 Å². The van der Waals surface area contributed by atoms with Gasteiger partial charge in [-0.25, -0.2) is 0 Å². The Balaban J connectivity index is 2.18. The number of rotatable bonds is 7. The molecule has 96 valence electrons. The molecule has 0 saturated carbocycles. The van der Waals surface area contributed by atoms with Crippen LogP contribution in [0.5, 0.6) is 11.5 Å². The summed E-state index contributed by atoms with van der Waals surface area (Å²) in [6, 6.07) is 7.45. The molecule has 1 aromatic rings. The van der Waals surface area contributed by atoms with E-state index in [1.807, 2.05) is 38.1 Å². The van der Waals surface area contributed by atoms with Crippen LogP contribution in [0, 0.1) is 0 Å². The molecule has 0 atom stereocenters. The Morgan fingerprint density at radius 1 is 1.06 bits per heavy atom. The maximum Gasteiger partial charge on any atom is 0.119 e. The number of ether oxygens (including phenoxy) is 3. The third kappa shape index (κ3) is 6.14. The van der Waals surface area contributed by atoms with Gasteiger partial charge in [0.2, 0.25) is 0 Å². The van der Waals surface area contributed by atoms with Crippen molar-refractivity contribution < 1.29 is 14.2 Å². The molecular formula is C13H21NO3. The fourth-order valence-electron chi connectivity index (χ4n) is 1.23. The molecule has 0 bridgehead atoms. The molecule has 0 heterocycles. The molecule has 17 heavy (non-hydrogen) atoms. The van der Waals surface area contributed by atoms with Crippen LogP contribution in [0.3, 0.4) is 0 Å². The predicted molar refractivity (Wildman–Crippen MR) is 67.6 cm³/mol. The van der Waals surface area contributed by atoms with Crippen LogP contribution in [-0.4, -0.2) is 32.5 Å². The summed E-state index contributed by atoms with van der Waals surface area (Å²) in [5.41, 5.74) is 5.49. The molecule has 0 aromatic heterocycles. The Kier molecular flexibility index (Phi) is 5.25. The first-order valence-electron chi connectivity index (χ1n) is 5.65. The molecule has 1 aromatic carbocycles. The Morgan fingerprint density at radius 2 is 1.65 bits per heavy atom. The maximum absolute atomic E-state index is 5.78. The lowest BCUT2D eigenvalue weighted by Gasteiger charge is -2.18. The minimum absolute atomic E-state index is 0.292. The van der Waals surface area contributed by atoms with Crippen LogP contribution in [-0.2, 0) is 4.74 Å². The molecule has 0 spiro atoms. The van der Waals surface area contributed by atoms with Crippen molar-refractivity contribution in [3.8, 4) is 11.5 Å². The lowest BCUT2D eigenvalue weighted by molar-refractivity contribution is 0.0724. The van der Waals surface area contributed by atoms with E-state index in [2.05, 4.69) is 0 Å². The highest BCUT2D eigenvalue weighted by Crippen LogP contribution is 2.16. The van der Waals surface area contributed by atoms with Crippen LogP contribution in [0.15, 0.2) is 24.3 Å². The average molecular weight is 239 g/mol. The zero-order valence-corrected chi connectivity index (χ0v) is 10.7. The molecule has 0 fully saturated rings. The standard InChI is InChI=1S/C13H21NO3/c1-13(2,14)10-16-8-9-17-12-6-4-11(15-3)5-7-12/h4-7H,8-10,14H2,1-3H3. The summed E-state index contributed by atoms with van der Waals surface area (Å²) in [5.74, 6) is 1.62. The normalized spacial score (nSPS) is 11.3. The van der Waals surface area contributed by atoms with Crippen molar-refractivity contribution in [3.05, 3.63) is 24.3 Å². The molecule has 0 unspecified atom stereocenters. The molecule has 0 amide bonds. The minimum atomic E-state index is -0.292. The van der Waals surface area contributed by atoms with Gasteiger partial charge in [0.15, 0.2) is 0 Å². The second kappa shape index (κ2) is 6.47. The Bertz CT molecular complexity index is 316. The molecule has 0 aliphatic heterocycles. The largest absolute Gasteiger partial charge is 0.497 e. The van der Waals surface area contributed by atoms with E-state index in [9.17, 15) is 0 Å². The smallest absolute Gasteiger partial charge is 0.119 e. The van der Waals surface area contributed by atoms with Crippen LogP contribution < -0.4 is 15.2 Å². The van der Waals surface area contributed by atoms with Gasteiger partial charge in [0.25, 0.3) is 0 Å². The molecule has 1 rings (SSSR count). The minimum Gasteiger partial charge on any atom is -0.497 e. The van der Waals surface area contributed by atoms with E-state index >= 15 is 0 Å². The summed E-state index contributed by atoms with van der Waals surface area (Å²) < 4.78 is 15.9. The van der Waals surface area contributed by atoms with Crippen molar-refractivity contribution in [2.45, 2.75) is 19.4 Å². The van der Waals surface area contributed by atoms with Gasteiger partial charge < -0.3 is 19.9 Å². The summed E-state index contributed by atoms with van der Waals surface area (Å²) in [4.78, 5) is 0. The van der Waals surface area contributed by atoms with Crippen molar-refractivity contribution in [2.75, 3.05) is 26.9 Å². The Labute approximate surface area is 103 Å². The van der Waals surface area contributed by atoms with Gasteiger partial charge in [-0.1, -0.05) is 0 Å². The van der Waals surface area contributed by atoms with E-state index < -0.39 is 0 Å². The Hall–Kier alpha value is -1.26. The van der Waals surface area contributed by atoms with Gasteiger partial charge in [-0.05, 0) is 38.1 Å². The van der Waals surface area contributed by atoms with Gasteiger partial charge >= 0.3 is 0 Å². The number of nitrogens with two attached hydrogens (primary N) is 1. The van der Waals surface area contributed by atoms with Crippen molar-refractivity contribution in [1.82, 2.24) is 0 Å². The maximum atomic E-state index is 5.78. The summed E-state index contributed by atoms with van der Waals surface area (Å²) in [7, 11) is 1.64. The first-order valence-corrected chi connectivity index (χ1v) is 5.65. The zero-order chi connectivity index (χ0) is 12.7. The van der Waals surface area contributed by atoms with Crippen LogP contribution in [0.2, 0.25) is 0 Å². The lowest BCUT2D eigenvalue weighted by atomic mass is 10.1. The molecule has 2 N–H and O–H groups in total. The first kappa shape index (κ1) is 13.8. The SMILES string of the molecule is COc1ccc(OCCOCC(C)(C)N)cc1. The van der Waals surface area contributed by atoms with E-state index in [0.29, 0.717) is 19.8 Å². The number of hydrogen-bond donors (Lipinski definition) is 1. The molecule has 4 heteroatoms. The second-order valence-corrected chi connectivity index (χ2v) is 4.57. The molecule has 4 nitrogen and oxygen atoms in total. The highest BCUT2D eigenvalue weighted by Gasteiger charge is 2.09. The summed E-state index contributed by atoms with van der Waals surface area (Å²) >= 11 is 0. The fraction of sp³-hybridized carbons (Fsp3) is 0.538. The third-order valence-corrected chi connectivity index (χ3v) is 2.03. The molecule has 0 aliphatic carbocycles. The van der Waals surface area contributed by atoms with E-state index in [1.54, 1.807) is 7.11 Å². The molecule has 0 aliphatic rings. The highest BCUT2D eigenvalue weighted by molar-refractivity contribution is 5.31. The van der Waals surface area contributed by atoms with Gasteiger partial charge in [0.05, 0.1) is 20.3 Å². The number of hydrogen-bond acceptors (Lipinski definition) is 4. The quantitative estimate of drug-likeness (QED) is 0.737. The molecular weight excluding hydrogens is 218 g/mol. The van der Waals surface area contributed by atoms with Gasteiger partial charge in [-0.3, -0.25) is 0 Å². The summed E-state index contributed by atoms with van der Waals surface area (Å²) in [5, 5.41) is 0. The first-order chi connectivity index (χ1) is 8.01. The van der Waals surface area contributed by atoms with E-state index in [1.165, 1.54) is 0 Å². The summed E-state index contributed by atoms with van der Waals surface area (Å²) in [6.45, 7) is 5.43. The van der Waals surface area contributed by atoms with E-state index in [0.717, 1.165) is 11.5 Å². The fourth-order valence-corrected chi connectivity index (χ4v) is 1.23. The van der Waals surface area contributed by atoms with Crippen molar-refractivity contribution in [3.63, 3.8) is 0 Å². The van der Waals surface area contributed by atoms with Crippen LogP contribution in [0.25, 0.3) is 0 Å². The molecule has 0 radical (unpaired) electrons. The van der Waals surface area contributed by atoms with Crippen molar-refractivity contribution in [2.24, 2.45) is 5.73 Å². The summed E-state index contributed by atoms with van der Waals surface area (Å²) in [6.07, 6.45) is 0.